The first-order chi connectivity index (χ1) is 12.0. The van der Waals surface area contributed by atoms with Gasteiger partial charge in [0.1, 0.15) is 11.7 Å². The molecule has 0 saturated heterocycles. The van der Waals surface area contributed by atoms with Gasteiger partial charge >= 0.3 is 0 Å². The number of carbonyl (C=O) groups is 1. The van der Waals surface area contributed by atoms with Crippen LogP contribution < -0.4 is 10.1 Å². The Morgan fingerprint density at radius 3 is 2.56 bits per heavy atom. The summed E-state index contributed by atoms with van der Waals surface area (Å²) in [7, 11) is -1.38. The number of halogens is 2. The topological polar surface area (TPSA) is 81.2 Å². The van der Waals surface area contributed by atoms with Gasteiger partial charge in [0.25, 0.3) is 5.91 Å². The van der Waals surface area contributed by atoms with E-state index in [1.54, 1.807) is 18.2 Å². The van der Waals surface area contributed by atoms with Crippen molar-refractivity contribution in [2.75, 3.05) is 11.6 Å². The Balaban J connectivity index is 1.91. The second kappa shape index (κ2) is 7.68. The Morgan fingerprint density at radius 2 is 2.00 bits per heavy atom. The van der Waals surface area contributed by atoms with Gasteiger partial charge in [-0.25, -0.2) is 4.98 Å². The van der Waals surface area contributed by atoms with Crippen molar-refractivity contribution in [2.24, 2.45) is 0 Å². The zero-order chi connectivity index (χ0) is 18.0. The molecule has 1 unspecified atom stereocenters. The zero-order valence-corrected chi connectivity index (χ0v) is 15.6. The maximum Gasteiger partial charge on any atom is 0.262 e. The van der Waals surface area contributed by atoms with E-state index in [2.05, 4.69) is 15.3 Å². The first kappa shape index (κ1) is 18.1. The van der Waals surface area contributed by atoms with Crippen LogP contribution in [-0.2, 0) is 10.8 Å². The molecular weight excluding hydrogens is 385 g/mol. The van der Waals surface area contributed by atoms with Gasteiger partial charge in [-0.15, -0.1) is 0 Å². The molecule has 1 saturated carbocycles. The highest BCUT2D eigenvalue weighted by atomic mass is 35.5. The third-order valence-electron chi connectivity index (χ3n) is 3.77. The van der Waals surface area contributed by atoms with Crippen LogP contribution in [0.25, 0.3) is 0 Å². The third kappa shape index (κ3) is 4.11. The third-order valence-corrected chi connectivity index (χ3v) is 5.11. The molecule has 3 rings (SSSR count). The first-order valence-corrected chi connectivity index (χ1v) is 9.89. The minimum Gasteiger partial charge on any atom is -0.474 e. The summed E-state index contributed by atoms with van der Waals surface area (Å²) in [4.78, 5) is 20.8. The highest BCUT2D eigenvalue weighted by molar-refractivity contribution is 7.84. The summed E-state index contributed by atoms with van der Waals surface area (Å²) < 4.78 is 17.4. The van der Waals surface area contributed by atoms with Gasteiger partial charge in [-0.3, -0.25) is 9.00 Å². The van der Waals surface area contributed by atoms with Crippen LogP contribution in [0.5, 0.6) is 5.88 Å². The van der Waals surface area contributed by atoms with E-state index in [1.807, 2.05) is 0 Å². The molecule has 1 amide bonds. The first-order valence-electron chi connectivity index (χ1n) is 7.58. The van der Waals surface area contributed by atoms with Crippen molar-refractivity contribution >= 4 is 45.6 Å². The van der Waals surface area contributed by atoms with E-state index in [9.17, 15) is 9.00 Å². The molecule has 0 radical (unpaired) electrons. The molecular formula is C16H15Cl2N3O3S. The van der Waals surface area contributed by atoms with Gasteiger partial charge in [0.2, 0.25) is 11.0 Å². The fraction of sp³-hybridized carbons (Fsp3) is 0.312. The van der Waals surface area contributed by atoms with E-state index >= 15 is 0 Å². The standard InChI is InChI=1S/C16H15Cl2N3O3S/c1-25(23)16-19-8-10(15(21-16)24-9-4-2-5-9)14(22)20-13-11(17)6-3-7-12(13)18/h3,6-9H,2,4-5H2,1H3,(H,20,22). The molecule has 1 N–H and O–H groups in total. The summed E-state index contributed by atoms with van der Waals surface area (Å²) in [5.41, 5.74) is 0.436. The smallest absolute Gasteiger partial charge is 0.262 e. The van der Waals surface area contributed by atoms with Crippen LogP contribution >= 0.6 is 23.2 Å². The number of amides is 1. The lowest BCUT2D eigenvalue weighted by molar-refractivity contribution is 0.0975. The lowest BCUT2D eigenvalue weighted by Gasteiger charge is -2.26. The van der Waals surface area contributed by atoms with Crippen molar-refractivity contribution < 1.29 is 13.7 Å². The quantitative estimate of drug-likeness (QED) is 0.774. The molecule has 25 heavy (non-hydrogen) atoms. The summed E-state index contributed by atoms with van der Waals surface area (Å²) in [6, 6.07) is 4.92. The largest absolute Gasteiger partial charge is 0.474 e. The molecule has 0 aliphatic heterocycles. The molecule has 0 bridgehead atoms. The molecule has 2 aromatic rings. The highest BCUT2D eigenvalue weighted by Crippen LogP contribution is 2.31. The van der Waals surface area contributed by atoms with Crippen molar-refractivity contribution in [3.63, 3.8) is 0 Å². The fourth-order valence-electron chi connectivity index (χ4n) is 2.18. The summed E-state index contributed by atoms with van der Waals surface area (Å²) in [6.45, 7) is 0. The lowest BCUT2D eigenvalue weighted by atomic mass is 9.96. The maximum absolute atomic E-state index is 12.6. The van der Waals surface area contributed by atoms with Gasteiger partial charge in [-0.1, -0.05) is 29.3 Å². The monoisotopic (exact) mass is 399 g/mol. The number of rotatable bonds is 5. The SMILES string of the molecule is CS(=O)c1ncc(C(=O)Nc2c(Cl)cccc2Cl)c(OC2CCC2)n1. The normalized spacial score (nSPS) is 15.3. The predicted octanol–water partition coefficient (Wildman–Crippen LogP) is 3.70. The Bertz CT molecular complexity index is 823. The Hall–Kier alpha value is -1.70. The second-order valence-corrected chi connectivity index (χ2v) is 7.63. The average molecular weight is 400 g/mol. The van der Waals surface area contributed by atoms with Crippen molar-refractivity contribution in [2.45, 2.75) is 30.5 Å². The van der Waals surface area contributed by atoms with Crippen molar-refractivity contribution in [3.05, 3.63) is 40.0 Å². The zero-order valence-electron chi connectivity index (χ0n) is 13.3. The van der Waals surface area contributed by atoms with E-state index in [4.69, 9.17) is 27.9 Å². The van der Waals surface area contributed by atoms with Gasteiger partial charge in [0.05, 0.1) is 26.5 Å². The van der Waals surface area contributed by atoms with Crippen LogP contribution in [0.2, 0.25) is 10.0 Å². The predicted molar refractivity (Wildman–Crippen MR) is 97.0 cm³/mol. The molecule has 1 aromatic heterocycles. The molecule has 1 aliphatic rings. The van der Waals surface area contributed by atoms with Crippen LogP contribution in [-0.4, -0.2) is 32.4 Å². The Morgan fingerprint density at radius 1 is 1.32 bits per heavy atom. The molecule has 132 valence electrons. The number of benzene rings is 1. The van der Waals surface area contributed by atoms with E-state index in [1.165, 1.54) is 12.5 Å². The number of hydrogen-bond donors (Lipinski definition) is 1. The number of nitrogens with zero attached hydrogens (tertiary/aromatic N) is 2. The van der Waals surface area contributed by atoms with Crippen LogP contribution in [0, 0.1) is 0 Å². The summed E-state index contributed by atoms with van der Waals surface area (Å²) in [6.07, 6.45) is 5.63. The second-order valence-electron chi connectivity index (χ2n) is 5.55. The summed E-state index contributed by atoms with van der Waals surface area (Å²) >= 11 is 12.2. The number of aromatic nitrogens is 2. The van der Waals surface area contributed by atoms with E-state index in [0.717, 1.165) is 19.3 Å². The average Bonchev–Trinajstić information content (AvgIpc) is 2.54. The lowest BCUT2D eigenvalue weighted by Crippen LogP contribution is -2.27. The number of para-hydroxylation sites is 1. The summed E-state index contributed by atoms with van der Waals surface area (Å²) in [5, 5.41) is 3.40. The number of ether oxygens (including phenoxy) is 1. The fourth-order valence-corrected chi connectivity index (χ4v) is 3.08. The molecule has 6 nitrogen and oxygen atoms in total. The van der Waals surface area contributed by atoms with Crippen LogP contribution in [0.4, 0.5) is 5.69 Å². The number of carbonyl (C=O) groups excluding carboxylic acids is 1. The van der Waals surface area contributed by atoms with Gasteiger partial charge in [0, 0.05) is 12.5 Å². The van der Waals surface area contributed by atoms with E-state index in [0.29, 0.717) is 15.7 Å². The minimum atomic E-state index is -1.38. The van der Waals surface area contributed by atoms with Gasteiger partial charge < -0.3 is 10.1 Å². The number of nitrogens with one attached hydrogen (secondary N) is 1. The molecule has 1 heterocycles. The maximum atomic E-state index is 12.6. The molecule has 1 aromatic carbocycles. The van der Waals surface area contributed by atoms with Gasteiger partial charge in [0.15, 0.2) is 0 Å². The summed E-state index contributed by atoms with van der Waals surface area (Å²) in [5.74, 6) is -0.386. The Labute approximate surface area is 157 Å². The van der Waals surface area contributed by atoms with Gasteiger partial charge in [-0.2, -0.15) is 4.98 Å². The van der Waals surface area contributed by atoms with Gasteiger partial charge in [-0.05, 0) is 31.4 Å². The van der Waals surface area contributed by atoms with E-state index < -0.39 is 16.7 Å². The van der Waals surface area contributed by atoms with Crippen LogP contribution in [0.15, 0.2) is 29.6 Å². The van der Waals surface area contributed by atoms with Crippen LogP contribution in [0.1, 0.15) is 29.6 Å². The highest BCUT2D eigenvalue weighted by Gasteiger charge is 2.25. The molecule has 9 heteroatoms. The Kier molecular flexibility index (Phi) is 5.56. The molecule has 1 fully saturated rings. The van der Waals surface area contributed by atoms with Crippen molar-refractivity contribution in [1.29, 1.82) is 0 Å². The van der Waals surface area contributed by atoms with Crippen molar-refractivity contribution in [3.8, 4) is 5.88 Å². The minimum absolute atomic E-state index is 0.00323. The van der Waals surface area contributed by atoms with E-state index in [-0.39, 0.29) is 22.7 Å². The van der Waals surface area contributed by atoms with Crippen LogP contribution in [0.3, 0.4) is 0 Å². The molecule has 1 aliphatic carbocycles. The van der Waals surface area contributed by atoms with Crippen molar-refractivity contribution in [1.82, 2.24) is 9.97 Å². The number of hydrogen-bond acceptors (Lipinski definition) is 5. The molecule has 0 spiro atoms. The number of anilines is 1. The molecule has 1 atom stereocenters.